The van der Waals surface area contributed by atoms with Gasteiger partial charge in [-0.25, -0.2) is 0 Å². The Morgan fingerprint density at radius 3 is 1.13 bits per heavy atom. The van der Waals surface area contributed by atoms with Crippen LogP contribution in [0.4, 0.5) is 0 Å². The van der Waals surface area contributed by atoms with Gasteiger partial charge in [0, 0.05) is 73.2 Å². The van der Waals surface area contributed by atoms with Gasteiger partial charge in [-0.3, -0.25) is 32.5 Å². The van der Waals surface area contributed by atoms with Crippen molar-refractivity contribution in [2.75, 3.05) is 48.6 Å². The summed E-state index contributed by atoms with van der Waals surface area (Å²) in [6.07, 6.45) is -6.87. The van der Waals surface area contributed by atoms with Gasteiger partial charge in [0.2, 0.25) is 0 Å². The van der Waals surface area contributed by atoms with Crippen LogP contribution in [0.1, 0.15) is 163 Å². The average Bonchev–Trinajstić information content (AvgIpc) is 0.961. The molecule has 0 unspecified atom stereocenters. The normalized spacial score (nSPS) is 24.0. The number of phenolic OH excluding ortho intramolecular Hbond substituents is 1. The van der Waals surface area contributed by atoms with Crippen molar-refractivity contribution < 1.29 is 144 Å². The largest absolute Gasteiger partial charge is 0.508 e. The van der Waals surface area contributed by atoms with Gasteiger partial charge in [-0.05, 0) is 161 Å². The van der Waals surface area contributed by atoms with Gasteiger partial charge < -0.3 is 68.2 Å². The summed E-state index contributed by atoms with van der Waals surface area (Å²) in [5.41, 5.74) is 7.39. The molecule has 115 heavy (non-hydrogen) atoms. The van der Waals surface area contributed by atoms with E-state index in [1.807, 2.05) is 93.3 Å². The van der Waals surface area contributed by atoms with Crippen molar-refractivity contribution >= 4 is 112 Å². The number of aliphatic hydroxyl groups excluding tert-OH is 4. The van der Waals surface area contributed by atoms with Crippen LogP contribution < -0.4 is 9.47 Å². The number of alkyl halides is 1. The van der Waals surface area contributed by atoms with Crippen LogP contribution in [0.3, 0.4) is 0 Å². The van der Waals surface area contributed by atoms with Crippen molar-refractivity contribution in [3.63, 3.8) is 0 Å². The van der Waals surface area contributed by atoms with Gasteiger partial charge >= 0.3 is 23.9 Å². The number of halogens is 4. The van der Waals surface area contributed by atoms with Gasteiger partial charge in [0.15, 0.2) is 12.2 Å². The minimum Gasteiger partial charge on any atom is -0.508 e. The molecule has 7 N–H and O–H groups in total. The fourth-order valence-corrected chi connectivity index (χ4v) is 15.6. The molecular weight excluding hydrogens is 1770 g/mol. The standard InChI is InChI=1S/C28H35ClO9S.C25H29ClO6.C22H27ClO9S.C3H6O3S.CH3I.CH4.V/c1-5-25-17(2)26(36-18(3)30)28(37-19(4)31)27(38-25)21-9-12-24(29)22(16-21)15-20-7-10-23(11-8-20)35-13-6-14-39(32,33)34;1-5-22-14(2)23(30-15(3)27)25(31-16(4)28)24(32-22)18-8-11-21(26)19(13-18)12-17-6-9-20(29)10-7-17;23-17-7-4-14(22-21(27)20(26)19(25)18(12-24)32-22)11-15(17)10-13-2-5-16(6-3-13)31-8-1-9-33(28,29)30;4-7(5)3-1-2-6-7;1-2;;/h7-12,16-17,25-28H,5-6,13-15H2,1-4H3,(H,32,33,34);6-11,13-14,22-25,29H,5,12H2,1-4H3;2-7,11,18-22,24-27H,1,8-10,12H2,(H,28,29,30);1-3H2;1H3;1H4;/t17-,25-,26+,27+,28-;14-,22-,23+,24+,25-;18-,19-,20+,21-,22+;;;;/m111..../s1. The Morgan fingerprint density at radius 2 is 0.835 bits per heavy atom. The minimum absolute atomic E-state index is 0. The summed E-state index contributed by atoms with van der Waals surface area (Å²) in [6, 6.07) is 37.5. The summed E-state index contributed by atoms with van der Waals surface area (Å²) < 4.78 is 137. The van der Waals surface area contributed by atoms with Crippen LogP contribution in [0.25, 0.3) is 0 Å². The van der Waals surface area contributed by atoms with Crippen molar-refractivity contribution in [2.45, 2.75) is 194 Å². The summed E-state index contributed by atoms with van der Waals surface area (Å²) in [4.78, 5) is 49.6. The third kappa shape index (κ3) is 32.4. The second-order valence-corrected chi connectivity index (χ2v) is 33.3. The first kappa shape index (κ1) is 102. The molecule has 0 aromatic heterocycles. The Labute approximate surface area is 714 Å². The van der Waals surface area contributed by atoms with Gasteiger partial charge in [-0.15, -0.1) is 0 Å². The fraction of sp³-hybridized carbons (Fsp3) is 0.500. The summed E-state index contributed by atoms with van der Waals surface area (Å²) in [6.45, 7) is 13.3. The van der Waals surface area contributed by atoms with E-state index in [0.717, 1.165) is 50.9 Å². The molecule has 4 saturated heterocycles. The molecule has 35 heteroatoms. The molecule has 0 saturated carbocycles. The van der Waals surface area contributed by atoms with Crippen molar-refractivity contribution in [2.24, 2.45) is 11.8 Å². The number of esters is 4. The van der Waals surface area contributed by atoms with Gasteiger partial charge in [-0.1, -0.05) is 165 Å². The first-order valence-electron chi connectivity index (χ1n) is 36.4. The Bertz CT molecular complexity index is 4410. The summed E-state index contributed by atoms with van der Waals surface area (Å²) >= 11 is 21.5. The molecule has 4 aliphatic heterocycles. The molecule has 0 aliphatic carbocycles. The third-order valence-electron chi connectivity index (χ3n) is 18.6. The van der Waals surface area contributed by atoms with Crippen LogP contribution in [0, 0.1) is 11.8 Å². The van der Waals surface area contributed by atoms with Crippen molar-refractivity contribution in [3.05, 3.63) is 193 Å². The van der Waals surface area contributed by atoms with Gasteiger partial charge in [0.05, 0.1) is 55.9 Å². The maximum atomic E-state index is 12.0. The van der Waals surface area contributed by atoms with Crippen LogP contribution in [-0.4, -0.2) is 193 Å². The number of benzene rings is 6. The topological polar surface area (TPSA) is 405 Å². The molecule has 6 aromatic rings. The van der Waals surface area contributed by atoms with E-state index in [4.69, 9.17) is 86.5 Å². The van der Waals surface area contributed by atoms with Crippen molar-refractivity contribution in [3.8, 4) is 17.2 Å². The predicted octanol–water partition coefficient (Wildman–Crippen LogP) is 12.4. The number of carbonyl (C=O) groups excluding carboxylic acids is 4. The molecule has 0 amide bonds. The molecule has 4 aliphatic rings. The van der Waals surface area contributed by atoms with E-state index in [2.05, 4.69) is 26.8 Å². The zero-order valence-electron chi connectivity index (χ0n) is 64.4. The molecular formula is C80H104Cl3IO27S3V. The van der Waals surface area contributed by atoms with E-state index >= 15 is 0 Å². The minimum atomic E-state index is -4.01. The Morgan fingerprint density at radius 1 is 0.504 bits per heavy atom. The molecule has 0 bridgehead atoms. The summed E-state index contributed by atoms with van der Waals surface area (Å²) in [5, 5.41) is 51.0. The van der Waals surface area contributed by atoms with E-state index in [1.165, 1.54) is 27.7 Å². The Kier molecular flexibility index (Phi) is 42.8. The molecule has 4 fully saturated rings. The molecule has 1 radical (unpaired) electrons. The first-order valence-corrected chi connectivity index (χ1v) is 44.5. The number of hydrogen-bond donors (Lipinski definition) is 7. The molecule has 0 spiro atoms. The van der Waals surface area contributed by atoms with Crippen LogP contribution in [0.2, 0.25) is 15.1 Å². The monoisotopic (exact) mass is 1880 g/mol. The summed E-state index contributed by atoms with van der Waals surface area (Å²) in [5.74, 6) is -1.38. The van der Waals surface area contributed by atoms with Gasteiger partial charge in [0.25, 0.3) is 30.4 Å². The van der Waals surface area contributed by atoms with Crippen LogP contribution in [-0.2, 0) is 125 Å². The maximum Gasteiger partial charge on any atom is 0.303 e. The maximum absolute atomic E-state index is 12.0. The first-order chi connectivity index (χ1) is 53.4. The second kappa shape index (κ2) is 48.5. The van der Waals surface area contributed by atoms with Crippen LogP contribution in [0.15, 0.2) is 127 Å². The number of carbonyl (C=O) groups is 4. The van der Waals surface area contributed by atoms with E-state index < -0.39 is 128 Å². The van der Waals surface area contributed by atoms with E-state index in [9.17, 15) is 70.0 Å². The number of aromatic hydroxyl groups is 1. The number of ether oxygens (including phenoxy) is 9. The smallest absolute Gasteiger partial charge is 0.303 e. The quantitative estimate of drug-likeness (QED) is 0.00504. The molecule has 27 nitrogen and oxygen atoms in total. The van der Waals surface area contributed by atoms with Crippen LogP contribution >= 0.6 is 57.4 Å². The molecule has 6 aromatic carbocycles. The molecule has 4 heterocycles. The zero-order chi connectivity index (χ0) is 83.7. The Balaban J connectivity index is 0.000000342. The number of hydrogen-bond acceptors (Lipinski definition) is 25. The predicted molar refractivity (Wildman–Crippen MR) is 437 cm³/mol. The second-order valence-electron chi connectivity index (χ2n) is 27.2. The van der Waals surface area contributed by atoms with E-state index in [-0.39, 0.29) is 99.1 Å². The SMILES string of the molecule is C.CC[C@H]1O[C@@H](c2ccc(Cl)c(Cc3ccc(O)cc3)c2)[C@H](OC(C)=O)[C@@H](OC(C)=O)[C@@H]1C.CC[C@H]1O[C@@H](c2ccc(Cl)c(Cc3ccc(OCCCS(=O)(=O)O)cc3)c2)[C@H](OC(C)=O)[C@@H](OC(C)=O)[C@@H]1C.CI.O=S(=O)(O)CCCOc1ccc(Cc2cc([C@@H]3O[C@H](CO)[C@@H](O)[C@H](O)[C@H]3O)ccc2Cl)cc1.O=S1(=O)CCCO1.[V]. The zero-order valence-corrected chi connectivity index (χ0v) is 72.6. The Hall–Kier alpha value is -5.77. The van der Waals surface area contributed by atoms with Crippen molar-refractivity contribution in [1.29, 1.82) is 0 Å². The molecule has 10 rings (SSSR count). The number of aliphatic hydroxyl groups is 4. The van der Waals surface area contributed by atoms with E-state index in [1.54, 1.807) is 66.7 Å². The molecule has 15 atom stereocenters. The molecule has 637 valence electrons. The third-order valence-corrected chi connectivity index (χ3v) is 22.6. The van der Waals surface area contributed by atoms with Gasteiger partial charge in [0.1, 0.15) is 72.2 Å². The number of rotatable bonds is 26. The number of phenols is 1. The van der Waals surface area contributed by atoms with Crippen molar-refractivity contribution in [1.82, 2.24) is 0 Å². The van der Waals surface area contributed by atoms with Gasteiger partial charge in [-0.2, -0.15) is 25.3 Å². The fourth-order valence-electron chi connectivity index (χ4n) is 13.1. The van der Waals surface area contributed by atoms with E-state index in [0.29, 0.717) is 70.8 Å². The average molecular weight is 1880 g/mol. The summed E-state index contributed by atoms with van der Waals surface area (Å²) in [7, 11) is -11.1. The van der Waals surface area contributed by atoms with Crippen LogP contribution in [0.5, 0.6) is 17.2 Å².